The molecule has 2 saturated carbocycles. The Bertz CT molecular complexity index is 1430. The summed E-state index contributed by atoms with van der Waals surface area (Å²) >= 11 is 0. The molecule has 6 nitrogen and oxygen atoms in total. The first-order chi connectivity index (χ1) is 19.6. The van der Waals surface area contributed by atoms with E-state index >= 15 is 0 Å². The molecule has 12 heteroatoms. The van der Waals surface area contributed by atoms with Crippen molar-refractivity contribution in [3.8, 4) is 16.9 Å². The predicted octanol–water partition coefficient (Wildman–Crippen LogP) is 6.51. The van der Waals surface area contributed by atoms with Crippen molar-refractivity contribution in [2.75, 3.05) is 13.2 Å². The molecule has 0 bridgehead atoms. The van der Waals surface area contributed by atoms with Gasteiger partial charge in [0.2, 0.25) is 5.90 Å². The molecule has 2 aromatic rings. The van der Waals surface area contributed by atoms with Crippen LogP contribution in [0.15, 0.2) is 53.0 Å². The molecule has 0 radical (unpaired) electrons. The molecule has 2 N–H and O–H groups in total. The van der Waals surface area contributed by atoms with Crippen molar-refractivity contribution in [2.45, 2.75) is 51.5 Å². The maximum Gasteiger partial charge on any atom is 0.417 e. The minimum atomic E-state index is -4.86. The maximum absolute atomic E-state index is 14.9. The van der Waals surface area contributed by atoms with Crippen LogP contribution in [-0.2, 0) is 22.3 Å². The Balaban J connectivity index is 1.30. The molecule has 0 spiro atoms. The normalized spacial score (nSPS) is 26.1. The van der Waals surface area contributed by atoms with E-state index in [1.165, 1.54) is 24.3 Å². The SMILES string of the molecule is CC(O)(CCOc1ccc(-c2cc(COC3=NCC4(C)C(=C3)C[C@H]3[C@H](C(=O)O)[C@H]34)c(F)cc2C(F)(F)F)cc1)C(F)F. The number of ether oxygens (including phenoxy) is 2. The largest absolute Gasteiger partial charge is 0.493 e. The maximum atomic E-state index is 14.9. The van der Waals surface area contributed by atoms with Gasteiger partial charge in [0.1, 0.15) is 23.8 Å². The molecule has 2 fully saturated rings. The fourth-order valence-electron chi connectivity index (χ4n) is 6.06. The molecule has 5 rings (SSSR count). The van der Waals surface area contributed by atoms with Crippen LogP contribution >= 0.6 is 0 Å². The smallest absolute Gasteiger partial charge is 0.417 e. The van der Waals surface area contributed by atoms with Gasteiger partial charge in [-0.25, -0.2) is 13.2 Å². The summed E-state index contributed by atoms with van der Waals surface area (Å²) in [6, 6.07) is 6.86. The van der Waals surface area contributed by atoms with E-state index in [9.17, 15) is 41.4 Å². The second-order valence-electron chi connectivity index (χ2n) is 11.6. The third-order valence-corrected chi connectivity index (χ3v) is 8.62. The van der Waals surface area contributed by atoms with Gasteiger partial charge in [0.05, 0.1) is 24.6 Å². The van der Waals surface area contributed by atoms with Crippen molar-refractivity contribution in [1.82, 2.24) is 0 Å². The number of benzene rings is 2. The number of carboxylic acids is 1. The molecule has 1 heterocycles. The topological polar surface area (TPSA) is 88.4 Å². The van der Waals surface area contributed by atoms with Gasteiger partial charge >= 0.3 is 12.1 Å². The van der Waals surface area contributed by atoms with Crippen LogP contribution in [0.5, 0.6) is 5.75 Å². The van der Waals surface area contributed by atoms with Gasteiger partial charge in [-0.1, -0.05) is 24.6 Å². The van der Waals surface area contributed by atoms with Crippen molar-refractivity contribution >= 4 is 11.9 Å². The second-order valence-corrected chi connectivity index (χ2v) is 11.6. The molecule has 226 valence electrons. The standard InChI is InChI=1S/C30H29F6NO5/c1-28-14-37-23(11-17(28)10-20-24(25(20)28)26(38)39)42-13-16-9-19(21(12-22(16)31)30(34,35)36)15-3-5-18(6-4-15)41-8-7-29(2,40)27(32)33/h3-6,9,11-12,20,24-25,27,40H,7-8,10,13-14H2,1-2H3,(H,38,39)/t20-,24-,25-,28?,29?/m0/s1. The first-order valence-corrected chi connectivity index (χ1v) is 13.4. The van der Waals surface area contributed by atoms with Crippen LogP contribution in [-0.4, -0.2) is 47.3 Å². The molecule has 2 aliphatic carbocycles. The quantitative estimate of drug-likeness (QED) is 0.322. The highest BCUT2D eigenvalue weighted by molar-refractivity contribution is 5.90. The van der Waals surface area contributed by atoms with Crippen LogP contribution in [0, 0.1) is 29.0 Å². The first kappa shape index (κ1) is 29.9. The predicted molar refractivity (Wildman–Crippen MR) is 140 cm³/mol. The summed E-state index contributed by atoms with van der Waals surface area (Å²) in [6.07, 6.45) is -5.87. The van der Waals surface area contributed by atoms with Crippen molar-refractivity contribution in [1.29, 1.82) is 0 Å². The van der Waals surface area contributed by atoms with E-state index in [-0.39, 0.29) is 71.1 Å². The van der Waals surface area contributed by atoms with Crippen molar-refractivity contribution in [3.63, 3.8) is 0 Å². The molecule has 0 aromatic heterocycles. The number of rotatable bonds is 9. The van der Waals surface area contributed by atoms with Gasteiger partial charge in [0.15, 0.2) is 0 Å². The van der Waals surface area contributed by atoms with Gasteiger partial charge in [-0.3, -0.25) is 9.79 Å². The summed E-state index contributed by atoms with van der Waals surface area (Å²) in [5.74, 6) is -1.84. The van der Waals surface area contributed by atoms with Crippen LogP contribution in [0.1, 0.15) is 37.8 Å². The molecule has 1 aliphatic heterocycles. The minimum absolute atomic E-state index is 0.00534. The van der Waals surface area contributed by atoms with Crippen molar-refractivity contribution in [2.24, 2.45) is 28.2 Å². The van der Waals surface area contributed by atoms with E-state index in [0.29, 0.717) is 19.0 Å². The Kier molecular flexibility index (Phi) is 7.57. The highest BCUT2D eigenvalue weighted by Crippen LogP contribution is 2.69. The zero-order valence-electron chi connectivity index (χ0n) is 22.7. The zero-order chi connectivity index (χ0) is 30.6. The third-order valence-electron chi connectivity index (χ3n) is 8.62. The highest BCUT2D eigenvalue weighted by Gasteiger charge is 2.68. The van der Waals surface area contributed by atoms with Crippen LogP contribution < -0.4 is 4.74 Å². The van der Waals surface area contributed by atoms with Gasteiger partial charge < -0.3 is 19.7 Å². The van der Waals surface area contributed by atoms with E-state index in [2.05, 4.69) is 4.99 Å². The van der Waals surface area contributed by atoms with Gasteiger partial charge in [0, 0.05) is 17.4 Å². The number of fused-ring (bicyclic) bond motifs is 3. The second kappa shape index (κ2) is 10.6. The third kappa shape index (κ3) is 5.60. The lowest BCUT2D eigenvalue weighted by Crippen LogP contribution is -2.35. The number of dihydropyridines is 1. The number of carbonyl (C=O) groups is 1. The molecule has 0 amide bonds. The minimum Gasteiger partial charge on any atom is -0.493 e. The van der Waals surface area contributed by atoms with E-state index in [1.807, 2.05) is 6.92 Å². The van der Waals surface area contributed by atoms with Crippen LogP contribution in [0.25, 0.3) is 11.1 Å². The molecule has 42 heavy (non-hydrogen) atoms. The Labute approximate surface area is 237 Å². The molecule has 3 aliphatic rings. The molecule has 2 aromatic carbocycles. The number of aliphatic carboxylic acids is 1. The number of alkyl halides is 5. The van der Waals surface area contributed by atoms with E-state index in [0.717, 1.165) is 18.6 Å². The molecule has 5 atom stereocenters. The summed E-state index contributed by atoms with van der Waals surface area (Å²) in [4.78, 5) is 15.9. The zero-order valence-corrected chi connectivity index (χ0v) is 22.7. The lowest BCUT2D eigenvalue weighted by Gasteiger charge is -2.31. The summed E-state index contributed by atoms with van der Waals surface area (Å²) in [6.45, 7) is 2.63. The van der Waals surface area contributed by atoms with E-state index in [1.54, 1.807) is 6.08 Å². The number of aliphatic imine (C=N–C) groups is 1. The van der Waals surface area contributed by atoms with Crippen LogP contribution in [0.3, 0.4) is 0 Å². The summed E-state index contributed by atoms with van der Waals surface area (Å²) < 4.78 is 93.0. The lowest BCUT2D eigenvalue weighted by molar-refractivity contribution is -0.140. The molecular formula is C30H29F6NO5. The average molecular weight is 598 g/mol. The van der Waals surface area contributed by atoms with Crippen molar-refractivity contribution in [3.05, 3.63) is 65.0 Å². The van der Waals surface area contributed by atoms with E-state index in [4.69, 9.17) is 9.47 Å². The van der Waals surface area contributed by atoms with Gasteiger partial charge in [-0.2, -0.15) is 13.2 Å². The fourth-order valence-corrected chi connectivity index (χ4v) is 6.06. The Morgan fingerprint density at radius 3 is 2.48 bits per heavy atom. The van der Waals surface area contributed by atoms with Crippen molar-refractivity contribution < 1.29 is 50.8 Å². The fraction of sp³-hybridized carbons (Fsp3) is 0.467. The number of hydrogen-bond acceptors (Lipinski definition) is 5. The molecule has 0 saturated heterocycles. The summed E-state index contributed by atoms with van der Waals surface area (Å²) in [7, 11) is 0. The molecule has 2 unspecified atom stereocenters. The van der Waals surface area contributed by atoms with E-state index < -0.39 is 35.6 Å². The monoisotopic (exact) mass is 597 g/mol. The highest BCUT2D eigenvalue weighted by atomic mass is 19.4. The first-order valence-electron chi connectivity index (χ1n) is 13.4. The number of hydrogen-bond donors (Lipinski definition) is 2. The lowest BCUT2D eigenvalue weighted by atomic mass is 9.77. The Hall–Kier alpha value is -3.54. The average Bonchev–Trinajstić information content (AvgIpc) is 3.57. The van der Waals surface area contributed by atoms with Crippen LogP contribution in [0.4, 0.5) is 26.3 Å². The van der Waals surface area contributed by atoms with Gasteiger partial charge in [-0.05, 0) is 66.6 Å². The van der Waals surface area contributed by atoms with Crippen LogP contribution in [0.2, 0.25) is 0 Å². The Morgan fingerprint density at radius 1 is 1.17 bits per heavy atom. The number of nitrogens with zero attached hydrogens (tertiary/aromatic N) is 1. The summed E-state index contributed by atoms with van der Waals surface area (Å²) in [5, 5.41) is 19.0. The van der Waals surface area contributed by atoms with Gasteiger partial charge in [0.25, 0.3) is 6.43 Å². The summed E-state index contributed by atoms with van der Waals surface area (Å²) in [5.41, 5.74) is -3.10. The number of carboxylic acid groups (broad SMARTS) is 1. The molecular weight excluding hydrogens is 568 g/mol. The number of aliphatic hydroxyl groups is 1. The Morgan fingerprint density at radius 2 is 1.86 bits per heavy atom. The van der Waals surface area contributed by atoms with Gasteiger partial charge in [-0.15, -0.1) is 0 Å². The number of halogens is 6.